The lowest BCUT2D eigenvalue weighted by Crippen LogP contribution is -2.36. The minimum atomic E-state index is -1.05. The normalized spacial score (nSPS) is 19.4. The third-order valence-corrected chi connectivity index (χ3v) is 3.00. The van der Waals surface area contributed by atoms with Crippen molar-refractivity contribution < 1.29 is 9.90 Å². The summed E-state index contributed by atoms with van der Waals surface area (Å²) in [5.41, 5.74) is 0.0870. The van der Waals surface area contributed by atoms with Crippen LogP contribution < -0.4 is 15.8 Å². The summed E-state index contributed by atoms with van der Waals surface area (Å²) in [6.45, 7) is 1.12. The van der Waals surface area contributed by atoms with Crippen LogP contribution in [-0.4, -0.2) is 40.5 Å². The van der Waals surface area contributed by atoms with Crippen molar-refractivity contribution in [3.05, 3.63) is 21.6 Å². The van der Waals surface area contributed by atoms with Gasteiger partial charge in [0.25, 0.3) is 5.56 Å². The van der Waals surface area contributed by atoms with Crippen LogP contribution in [0, 0.1) is 0 Å². The molecule has 0 aromatic carbocycles. The molecule has 1 aliphatic rings. The van der Waals surface area contributed by atoms with Gasteiger partial charge in [-0.2, -0.15) is 5.10 Å². The maximum Gasteiger partial charge on any atom is 0.404 e. The fourth-order valence-corrected chi connectivity index (χ4v) is 2.08. The van der Waals surface area contributed by atoms with E-state index in [-0.39, 0.29) is 11.1 Å². The number of anilines is 1. The zero-order valence-corrected chi connectivity index (χ0v) is 9.57. The highest BCUT2D eigenvalue weighted by Crippen LogP contribution is 2.24. The highest BCUT2D eigenvalue weighted by atomic mass is 35.5. The van der Waals surface area contributed by atoms with Crippen LogP contribution in [0.3, 0.4) is 0 Å². The van der Waals surface area contributed by atoms with Gasteiger partial charge in [-0.3, -0.25) is 4.79 Å². The molecule has 1 saturated heterocycles. The quantitative estimate of drug-likeness (QED) is 0.707. The molecule has 17 heavy (non-hydrogen) atoms. The Kier molecular flexibility index (Phi) is 3.19. The summed E-state index contributed by atoms with van der Waals surface area (Å²) in [6.07, 6.45) is 1.09. The molecule has 1 aromatic rings. The Labute approximate surface area is 101 Å². The molecule has 92 valence electrons. The maximum atomic E-state index is 11.3. The molecule has 8 heteroatoms. The molecule has 0 radical (unpaired) electrons. The Hall–Kier alpha value is -1.76. The van der Waals surface area contributed by atoms with Crippen LogP contribution in [0.25, 0.3) is 0 Å². The second kappa shape index (κ2) is 4.62. The number of H-pyrrole nitrogens is 1. The molecule has 0 spiro atoms. The van der Waals surface area contributed by atoms with Gasteiger partial charge >= 0.3 is 6.09 Å². The number of nitrogens with one attached hydrogen (secondary N) is 2. The number of carboxylic acid groups (broad SMARTS) is 1. The van der Waals surface area contributed by atoms with Crippen LogP contribution in [-0.2, 0) is 0 Å². The molecule has 1 fully saturated rings. The van der Waals surface area contributed by atoms with E-state index in [1.807, 2.05) is 4.90 Å². The molecule has 2 heterocycles. The minimum absolute atomic E-state index is 0.0796. The smallest absolute Gasteiger partial charge is 0.404 e. The summed E-state index contributed by atoms with van der Waals surface area (Å²) in [7, 11) is 0. The molecule has 1 amide bonds. The Balaban J connectivity index is 2.12. The van der Waals surface area contributed by atoms with Crippen molar-refractivity contribution in [1.82, 2.24) is 15.5 Å². The summed E-state index contributed by atoms with van der Waals surface area (Å²) in [6, 6.07) is -0.150. The van der Waals surface area contributed by atoms with Gasteiger partial charge in [0.2, 0.25) is 0 Å². The summed E-state index contributed by atoms with van der Waals surface area (Å²) >= 11 is 5.86. The van der Waals surface area contributed by atoms with Crippen molar-refractivity contribution in [2.24, 2.45) is 0 Å². The van der Waals surface area contributed by atoms with E-state index in [0.717, 1.165) is 0 Å². The zero-order valence-electron chi connectivity index (χ0n) is 8.81. The third-order valence-electron chi connectivity index (χ3n) is 2.63. The summed E-state index contributed by atoms with van der Waals surface area (Å²) in [5.74, 6) is 0. The first-order valence-corrected chi connectivity index (χ1v) is 5.43. The molecule has 0 bridgehead atoms. The Morgan fingerprint density at radius 2 is 2.47 bits per heavy atom. The highest BCUT2D eigenvalue weighted by Gasteiger charge is 2.26. The van der Waals surface area contributed by atoms with E-state index in [1.54, 1.807) is 0 Å². The highest BCUT2D eigenvalue weighted by molar-refractivity contribution is 6.33. The van der Waals surface area contributed by atoms with E-state index in [0.29, 0.717) is 25.2 Å². The number of carbonyl (C=O) groups is 1. The van der Waals surface area contributed by atoms with Crippen molar-refractivity contribution in [1.29, 1.82) is 0 Å². The van der Waals surface area contributed by atoms with Crippen LogP contribution >= 0.6 is 11.6 Å². The van der Waals surface area contributed by atoms with Crippen molar-refractivity contribution in [3.63, 3.8) is 0 Å². The van der Waals surface area contributed by atoms with Gasteiger partial charge in [0.05, 0.1) is 17.9 Å². The molecule has 2 rings (SSSR count). The van der Waals surface area contributed by atoms with Gasteiger partial charge in [-0.25, -0.2) is 9.89 Å². The summed E-state index contributed by atoms with van der Waals surface area (Å²) in [5, 5.41) is 17.0. The maximum absolute atomic E-state index is 11.3. The number of aromatic nitrogens is 2. The van der Waals surface area contributed by atoms with Crippen LogP contribution in [0.15, 0.2) is 11.0 Å². The standard InChI is InChI=1S/C9H11ClN4O3/c10-7-6(3-11-13-8(7)15)14-2-1-5(4-14)12-9(16)17/h3,5,12H,1-2,4H2,(H,13,15)(H,16,17)/t5-/m1/s1. The molecule has 0 saturated carbocycles. The molecular formula is C9H11ClN4O3. The van der Waals surface area contributed by atoms with E-state index in [1.165, 1.54) is 6.20 Å². The fourth-order valence-electron chi connectivity index (χ4n) is 1.87. The monoisotopic (exact) mass is 258 g/mol. The van der Waals surface area contributed by atoms with Crippen molar-refractivity contribution >= 4 is 23.4 Å². The molecular weight excluding hydrogens is 248 g/mol. The van der Waals surface area contributed by atoms with E-state index < -0.39 is 11.7 Å². The number of hydrogen-bond donors (Lipinski definition) is 3. The van der Waals surface area contributed by atoms with E-state index in [2.05, 4.69) is 15.5 Å². The first-order valence-electron chi connectivity index (χ1n) is 5.05. The predicted octanol–water partition coefficient (Wildman–Crippen LogP) is 0.270. The van der Waals surface area contributed by atoms with Crippen LogP contribution in [0.2, 0.25) is 5.02 Å². The van der Waals surface area contributed by atoms with Crippen LogP contribution in [0.1, 0.15) is 6.42 Å². The molecule has 1 aliphatic heterocycles. The lowest BCUT2D eigenvalue weighted by Gasteiger charge is -2.18. The second-order valence-electron chi connectivity index (χ2n) is 3.78. The van der Waals surface area contributed by atoms with Gasteiger partial charge in [0, 0.05) is 13.1 Å². The topological polar surface area (TPSA) is 98.3 Å². The molecule has 7 nitrogen and oxygen atoms in total. The number of amides is 1. The van der Waals surface area contributed by atoms with Gasteiger partial charge in [0.15, 0.2) is 0 Å². The molecule has 1 atom stereocenters. The summed E-state index contributed by atoms with van der Waals surface area (Å²) in [4.78, 5) is 23.6. The van der Waals surface area contributed by atoms with Gasteiger partial charge < -0.3 is 15.3 Å². The van der Waals surface area contributed by atoms with E-state index in [4.69, 9.17) is 16.7 Å². The number of halogens is 1. The van der Waals surface area contributed by atoms with Crippen molar-refractivity contribution in [2.45, 2.75) is 12.5 Å². The molecule has 1 aromatic heterocycles. The fraction of sp³-hybridized carbons (Fsp3) is 0.444. The first kappa shape index (κ1) is 11.7. The predicted molar refractivity (Wildman–Crippen MR) is 61.6 cm³/mol. The largest absolute Gasteiger partial charge is 0.465 e. The minimum Gasteiger partial charge on any atom is -0.465 e. The zero-order chi connectivity index (χ0) is 12.4. The number of hydrogen-bond acceptors (Lipinski definition) is 4. The average Bonchev–Trinajstić information content (AvgIpc) is 2.69. The van der Waals surface area contributed by atoms with Gasteiger partial charge in [-0.05, 0) is 6.42 Å². The Morgan fingerprint density at radius 3 is 3.18 bits per heavy atom. The van der Waals surface area contributed by atoms with E-state index in [9.17, 15) is 9.59 Å². The number of rotatable bonds is 2. The molecule has 0 unspecified atom stereocenters. The van der Waals surface area contributed by atoms with E-state index >= 15 is 0 Å². The SMILES string of the molecule is O=C(O)N[C@@H]1CCN(c2cn[nH]c(=O)c2Cl)C1. The lowest BCUT2D eigenvalue weighted by molar-refractivity contribution is 0.191. The summed E-state index contributed by atoms with van der Waals surface area (Å²) < 4.78 is 0. The Morgan fingerprint density at radius 1 is 1.71 bits per heavy atom. The molecule has 3 N–H and O–H groups in total. The first-order chi connectivity index (χ1) is 8.08. The molecule has 0 aliphatic carbocycles. The van der Waals surface area contributed by atoms with Gasteiger partial charge in [-0.1, -0.05) is 11.6 Å². The second-order valence-corrected chi connectivity index (χ2v) is 4.16. The van der Waals surface area contributed by atoms with Crippen LogP contribution in [0.4, 0.5) is 10.5 Å². The number of nitrogens with zero attached hydrogens (tertiary/aromatic N) is 2. The third kappa shape index (κ3) is 2.50. The van der Waals surface area contributed by atoms with Gasteiger partial charge in [0.1, 0.15) is 5.02 Å². The average molecular weight is 259 g/mol. The van der Waals surface area contributed by atoms with Gasteiger partial charge in [-0.15, -0.1) is 0 Å². The lowest BCUT2D eigenvalue weighted by atomic mass is 10.3. The van der Waals surface area contributed by atoms with Crippen molar-refractivity contribution in [3.8, 4) is 0 Å². The van der Waals surface area contributed by atoms with Crippen LogP contribution in [0.5, 0.6) is 0 Å². The Bertz CT molecular complexity index is 489. The number of aromatic amines is 1. The van der Waals surface area contributed by atoms with Crippen molar-refractivity contribution in [2.75, 3.05) is 18.0 Å².